The Balaban J connectivity index is 1.77. The number of carbonyl (C=O) groups excluding carboxylic acids is 1. The van der Waals surface area contributed by atoms with Gasteiger partial charge in [-0.05, 0) is 30.2 Å². The Kier molecular flexibility index (Phi) is 7.01. The smallest absolute Gasteiger partial charge is 0.326 e. The van der Waals surface area contributed by atoms with E-state index in [0.29, 0.717) is 0 Å². The van der Waals surface area contributed by atoms with Crippen molar-refractivity contribution in [1.29, 1.82) is 0 Å². The molecule has 0 saturated carbocycles. The molecule has 1 aromatic heterocycles. The van der Waals surface area contributed by atoms with Crippen molar-refractivity contribution < 1.29 is 19.1 Å². The number of aliphatic carboxylic acids is 1. The van der Waals surface area contributed by atoms with Crippen LogP contribution < -0.4 is 5.32 Å². The molecule has 1 heterocycles. The summed E-state index contributed by atoms with van der Waals surface area (Å²) >= 11 is 0. The summed E-state index contributed by atoms with van der Waals surface area (Å²) in [5.74, 6) is -2.15. The fraction of sp³-hybridized carbons (Fsp3) is 0.250. The summed E-state index contributed by atoms with van der Waals surface area (Å²) in [6.07, 6.45) is 6.70. The Morgan fingerprint density at radius 2 is 1.90 bits per heavy atom. The van der Waals surface area contributed by atoms with Gasteiger partial charge >= 0.3 is 5.97 Å². The summed E-state index contributed by atoms with van der Waals surface area (Å²) < 4.78 is 15.8. The average molecular weight is 408 g/mol. The van der Waals surface area contributed by atoms with Crippen molar-refractivity contribution in [2.24, 2.45) is 0 Å². The van der Waals surface area contributed by atoms with Gasteiger partial charge in [0.1, 0.15) is 11.9 Å². The Hall–Kier alpha value is -3.41. The number of carboxylic acids is 1. The largest absolute Gasteiger partial charge is 0.480 e. The minimum Gasteiger partial charge on any atom is -0.480 e. The number of para-hydroxylation sites is 1. The fourth-order valence-corrected chi connectivity index (χ4v) is 3.41. The van der Waals surface area contributed by atoms with E-state index in [2.05, 4.69) is 16.8 Å². The molecule has 156 valence electrons. The van der Waals surface area contributed by atoms with Crippen LogP contribution in [0.4, 0.5) is 4.39 Å². The van der Waals surface area contributed by atoms with Crippen molar-refractivity contribution >= 4 is 28.9 Å². The Morgan fingerprint density at radius 1 is 1.17 bits per heavy atom. The number of fused-ring (bicyclic) bond motifs is 1. The van der Waals surface area contributed by atoms with E-state index >= 15 is 0 Å². The molecule has 3 aromatic rings. The number of hydrogen-bond donors (Lipinski definition) is 2. The summed E-state index contributed by atoms with van der Waals surface area (Å²) in [6.45, 7) is 2.98. The third-order valence-corrected chi connectivity index (χ3v) is 4.98. The molecular weight excluding hydrogens is 383 g/mol. The first kappa shape index (κ1) is 21.3. The monoisotopic (exact) mass is 408 g/mol. The second-order valence-corrected chi connectivity index (χ2v) is 7.18. The van der Waals surface area contributed by atoms with Crippen LogP contribution in [0.25, 0.3) is 17.0 Å². The van der Waals surface area contributed by atoms with Crippen LogP contribution in [0.3, 0.4) is 0 Å². The highest BCUT2D eigenvalue weighted by Crippen LogP contribution is 2.23. The molecule has 3 rings (SSSR count). The molecular formula is C24H25FN2O3. The minimum absolute atomic E-state index is 0.161. The van der Waals surface area contributed by atoms with Gasteiger partial charge in [0.2, 0.25) is 5.91 Å². The van der Waals surface area contributed by atoms with Gasteiger partial charge in [0.15, 0.2) is 0 Å². The maximum atomic E-state index is 13.7. The van der Waals surface area contributed by atoms with Crippen LogP contribution in [0, 0.1) is 5.82 Å². The zero-order valence-electron chi connectivity index (χ0n) is 16.8. The first-order valence-corrected chi connectivity index (χ1v) is 10.0. The quantitative estimate of drug-likeness (QED) is 0.516. The SMILES string of the molecule is CCCCn1cc(C[C@H](NC(=O)/C=C/c2ccccc2F)C(=O)O)c2ccccc21. The average Bonchev–Trinajstić information content (AvgIpc) is 3.08. The Labute approximate surface area is 174 Å². The molecule has 2 N–H and O–H groups in total. The molecule has 0 saturated heterocycles. The van der Waals surface area contributed by atoms with Gasteiger partial charge in [-0.3, -0.25) is 4.79 Å². The molecule has 0 unspecified atom stereocenters. The van der Waals surface area contributed by atoms with Crippen molar-refractivity contribution in [2.75, 3.05) is 0 Å². The zero-order valence-corrected chi connectivity index (χ0v) is 16.8. The molecule has 0 spiro atoms. The summed E-state index contributed by atoms with van der Waals surface area (Å²) in [5, 5.41) is 13.1. The van der Waals surface area contributed by atoms with E-state index in [9.17, 15) is 19.1 Å². The fourth-order valence-electron chi connectivity index (χ4n) is 3.41. The molecule has 2 aromatic carbocycles. The summed E-state index contributed by atoms with van der Waals surface area (Å²) in [5.41, 5.74) is 2.18. The van der Waals surface area contributed by atoms with Gasteiger partial charge in [0.05, 0.1) is 0 Å². The van der Waals surface area contributed by atoms with E-state index in [1.165, 1.54) is 12.1 Å². The van der Waals surface area contributed by atoms with Gasteiger partial charge in [-0.25, -0.2) is 9.18 Å². The predicted octanol–water partition coefficient (Wildman–Crippen LogP) is 4.41. The van der Waals surface area contributed by atoms with E-state index in [4.69, 9.17) is 0 Å². The lowest BCUT2D eigenvalue weighted by molar-refractivity contribution is -0.141. The Morgan fingerprint density at radius 3 is 2.63 bits per heavy atom. The number of rotatable bonds is 9. The molecule has 5 nitrogen and oxygen atoms in total. The van der Waals surface area contributed by atoms with Crippen LogP contribution >= 0.6 is 0 Å². The van der Waals surface area contributed by atoms with Crippen LogP contribution in [0.2, 0.25) is 0 Å². The normalized spacial score (nSPS) is 12.3. The number of carboxylic acid groups (broad SMARTS) is 1. The lowest BCUT2D eigenvalue weighted by Gasteiger charge is -2.13. The topological polar surface area (TPSA) is 71.3 Å². The first-order valence-electron chi connectivity index (χ1n) is 10.0. The highest BCUT2D eigenvalue weighted by molar-refractivity contribution is 5.94. The number of nitrogens with one attached hydrogen (secondary N) is 1. The number of aromatic nitrogens is 1. The van der Waals surface area contributed by atoms with E-state index in [1.807, 2.05) is 30.5 Å². The maximum absolute atomic E-state index is 13.7. The standard InChI is InChI=1S/C24H25FN2O3/c1-2-3-14-27-16-18(19-9-5-7-11-22(19)27)15-21(24(29)30)26-23(28)13-12-17-8-4-6-10-20(17)25/h4-13,16,21H,2-3,14-15H2,1H3,(H,26,28)(H,29,30)/b13-12+/t21-/m0/s1. The van der Waals surface area contributed by atoms with Gasteiger partial charge in [0, 0.05) is 41.7 Å². The third kappa shape index (κ3) is 5.14. The number of unbranched alkanes of at least 4 members (excludes halogenated alkanes) is 1. The van der Waals surface area contributed by atoms with E-state index in [-0.39, 0.29) is 12.0 Å². The maximum Gasteiger partial charge on any atom is 0.326 e. The first-order chi connectivity index (χ1) is 14.5. The molecule has 0 radical (unpaired) electrons. The van der Waals surface area contributed by atoms with Crippen LogP contribution in [0.5, 0.6) is 0 Å². The molecule has 6 heteroatoms. The van der Waals surface area contributed by atoms with Gasteiger partial charge < -0.3 is 15.0 Å². The number of benzene rings is 2. The van der Waals surface area contributed by atoms with Gasteiger partial charge in [-0.15, -0.1) is 0 Å². The predicted molar refractivity (Wildman–Crippen MR) is 116 cm³/mol. The minimum atomic E-state index is -1.12. The van der Waals surface area contributed by atoms with Crippen LogP contribution in [0.15, 0.2) is 60.8 Å². The van der Waals surface area contributed by atoms with Crippen molar-refractivity contribution in [3.05, 3.63) is 77.7 Å². The van der Waals surface area contributed by atoms with Crippen LogP contribution in [0.1, 0.15) is 30.9 Å². The van der Waals surface area contributed by atoms with E-state index in [0.717, 1.165) is 41.9 Å². The second-order valence-electron chi connectivity index (χ2n) is 7.18. The van der Waals surface area contributed by atoms with Crippen molar-refractivity contribution in [3.8, 4) is 0 Å². The number of hydrogen-bond acceptors (Lipinski definition) is 2. The van der Waals surface area contributed by atoms with Crippen molar-refractivity contribution in [2.45, 2.75) is 38.8 Å². The summed E-state index contributed by atoms with van der Waals surface area (Å²) in [4.78, 5) is 24.0. The molecule has 30 heavy (non-hydrogen) atoms. The lowest BCUT2D eigenvalue weighted by atomic mass is 10.0. The number of aryl methyl sites for hydroxylation is 1. The highest BCUT2D eigenvalue weighted by atomic mass is 19.1. The summed E-state index contributed by atoms with van der Waals surface area (Å²) in [7, 11) is 0. The van der Waals surface area contributed by atoms with Gasteiger partial charge in [0.25, 0.3) is 0 Å². The van der Waals surface area contributed by atoms with Crippen molar-refractivity contribution in [1.82, 2.24) is 9.88 Å². The van der Waals surface area contributed by atoms with Gasteiger partial charge in [-0.1, -0.05) is 49.7 Å². The molecule has 0 aliphatic carbocycles. The van der Waals surface area contributed by atoms with Crippen LogP contribution in [-0.2, 0) is 22.6 Å². The second kappa shape index (κ2) is 9.87. The van der Waals surface area contributed by atoms with E-state index in [1.54, 1.807) is 18.2 Å². The molecule has 0 aliphatic rings. The third-order valence-electron chi connectivity index (χ3n) is 4.98. The summed E-state index contributed by atoms with van der Waals surface area (Å²) in [6, 6.07) is 12.8. The number of nitrogens with zero attached hydrogens (tertiary/aromatic N) is 1. The zero-order chi connectivity index (χ0) is 21.5. The molecule has 0 bridgehead atoms. The lowest BCUT2D eigenvalue weighted by Crippen LogP contribution is -2.41. The number of amides is 1. The van der Waals surface area contributed by atoms with Crippen LogP contribution in [-0.4, -0.2) is 27.6 Å². The molecule has 0 fully saturated rings. The molecule has 0 aliphatic heterocycles. The number of carbonyl (C=O) groups is 2. The van der Waals surface area contributed by atoms with Crippen molar-refractivity contribution in [3.63, 3.8) is 0 Å². The van der Waals surface area contributed by atoms with Gasteiger partial charge in [-0.2, -0.15) is 0 Å². The highest BCUT2D eigenvalue weighted by Gasteiger charge is 2.22. The molecule has 1 amide bonds. The number of halogens is 1. The Bertz CT molecular complexity index is 1070. The molecule has 1 atom stereocenters. The van der Waals surface area contributed by atoms with E-state index < -0.39 is 23.7 Å².